The van der Waals surface area contributed by atoms with Crippen molar-refractivity contribution < 1.29 is 9.66 Å². The van der Waals surface area contributed by atoms with Crippen LogP contribution >= 0.6 is 0 Å². The summed E-state index contributed by atoms with van der Waals surface area (Å²) in [4.78, 5) is 15.9. The van der Waals surface area contributed by atoms with Crippen molar-refractivity contribution in [3.05, 3.63) is 58.1 Å². The SMILES string of the molecule is Cc1c(Oc2ccccc2)ccc([N+](=O)[O-])c1N1CCN2CC[C@H](N)[C@H]2C1. The molecule has 0 amide bonds. The second kappa shape index (κ2) is 7.17. The largest absolute Gasteiger partial charge is 0.457 e. The van der Waals surface area contributed by atoms with Crippen molar-refractivity contribution in [2.75, 3.05) is 31.1 Å². The van der Waals surface area contributed by atoms with E-state index in [9.17, 15) is 10.1 Å². The van der Waals surface area contributed by atoms with Gasteiger partial charge in [-0.15, -0.1) is 0 Å². The normalized spacial score (nSPS) is 22.5. The molecule has 2 fully saturated rings. The van der Waals surface area contributed by atoms with Crippen LogP contribution in [0.25, 0.3) is 0 Å². The molecule has 2 aliphatic rings. The Hall–Kier alpha value is -2.64. The summed E-state index contributed by atoms with van der Waals surface area (Å²) in [5.41, 5.74) is 7.82. The highest BCUT2D eigenvalue weighted by molar-refractivity contribution is 5.72. The number of rotatable bonds is 4. The van der Waals surface area contributed by atoms with Gasteiger partial charge in [0.25, 0.3) is 5.69 Å². The van der Waals surface area contributed by atoms with Crippen LogP contribution in [0.1, 0.15) is 12.0 Å². The number of hydrogen-bond acceptors (Lipinski definition) is 6. The number of benzene rings is 2. The first-order valence-electron chi connectivity index (χ1n) is 9.30. The van der Waals surface area contributed by atoms with Gasteiger partial charge in [-0.3, -0.25) is 15.0 Å². The quantitative estimate of drug-likeness (QED) is 0.660. The lowest BCUT2D eigenvalue weighted by Crippen LogP contribution is -2.55. The molecule has 0 unspecified atom stereocenters. The van der Waals surface area contributed by atoms with E-state index in [-0.39, 0.29) is 22.7 Å². The molecule has 0 saturated carbocycles. The Kier molecular flexibility index (Phi) is 4.72. The van der Waals surface area contributed by atoms with E-state index in [1.54, 1.807) is 12.1 Å². The number of para-hydroxylation sites is 1. The molecule has 0 spiro atoms. The monoisotopic (exact) mass is 368 g/mol. The third kappa shape index (κ3) is 3.36. The fourth-order valence-corrected chi connectivity index (χ4v) is 4.18. The summed E-state index contributed by atoms with van der Waals surface area (Å²) in [5.74, 6) is 1.35. The van der Waals surface area contributed by atoms with Gasteiger partial charge in [0.15, 0.2) is 0 Å². The van der Waals surface area contributed by atoms with Crippen LogP contribution in [0.5, 0.6) is 11.5 Å². The lowest BCUT2D eigenvalue weighted by atomic mass is 10.0. The van der Waals surface area contributed by atoms with E-state index in [4.69, 9.17) is 10.5 Å². The Labute approximate surface area is 158 Å². The summed E-state index contributed by atoms with van der Waals surface area (Å²) in [6.45, 7) is 5.23. The first kappa shape index (κ1) is 17.8. The Morgan fingerprint density at radius 1 is 1.15 bits per heavy atom. The molecule has 2 aliphatic heterocycles. The van der Waals surface area contributed by atoms with Crippen LogP contribution in [0.3, 0.4) is 0 Å². The van der Waals surface area contributed by atoms with E-state index < -0.39 is 0 Å². The molecular weight excluding hydrogens is 344 g/mol. The zero-order chi connectivity index (χ0) is 19.0. The van der Waals surface area contributed by atoms with Gasteiger partial charge in [-0.25, -0.2) is 0 Å². The van der Waals surface area contributed by atoms with Crippen LogP contribution in [0.2, 0.25) is 0 Å². The van der Waals surface area contributed by atoms with Crippen LogP contribution < -0.4 is 15.4 Å². The van der Waals surface area contributed by atoms with Crippen molar-refractivity contribution in [1.29, 1.82) is 0 Å². The first-order valence-corrected chi connectivity index (χ1v) is 9.30. The average Bonchev–Trinajstić information content (AvgIpc) is 3.04. The first-order chi connectivity index (χ1) is 13.0. The molecule has 4 rings (SSSR count). The molecule has 7 heteroatoms. The molecule has 27 heavy (non-hydrogen) atoms. The van der Waals surface area contributed by atoms with Gasteiger partial charge in [0, 0.05) is 49.9 Å². The highest BCUT2D eigenvalue weighted by Crippen LogP contribution is 2.40. The van der Waals surface area contributed by atoms with E-state index >= 15 is 0 Å². The van der Waals surface area contributed by atoms with E-state index in [2.05, 4.69) is 9.80 Å². The summed E-state index contributed by atoms with van der Waals surface area (Å²) in [6, 6.07) is 13.1. The summed E-state index contributed by atoms with van der Waals surface area (Å²) in [5, 5.41) is 11.7. The van der Waals surface area contributed by atoms with E-state index in [0.29, 0.717) is 23.7 Å². The van der Waals surface area contributed by atoms with Crippen molar-refractivity contribution in [1.82, 2.24) is 4.90 Å². The summed E-state index contributed by atoms with van der Waals surface area (Å²) in [6.07, 6.45) is 0.983. The van der Waals surface area contributed by atoms with Gasteiger partial charge in [-0.2, -0.15) is 0 Å². The number of fused-ring (bicyclic) bond motifs is 1. The van der Waals surface area contributed by atoms with Crippen LogP contribution in [0.15, 0.2) is 42.5 Å². The number of nitro benzene ring substituents is 1. The maximum Gasteiger partial charge on any atom is 0.293 e. The van der Waals surface area contributed by atoms with Gasteiger partial charge in [-0.1, -0.05) is 18.2 Å². The lowest BCUT2D eigenvalue weighted by Gasteiger charge is -2.40. The molecule has 142 valence electrons. The number of piperazine rings is 1. The van der Waals surface area contributed by atoms with E-state index in [0.717, 1.165) is 31.6 Å². The molecule has 2 heterocycles. The van der Waals surface area contributed by atoms with Crippen molar-refractivity contribution in [3.63, 3.8) is 0 Å². The summed E-state index contributed by atoms with van der Waals surface area (Å²) < 4.78 is 6.00. The topological polar surface area (TPSA) is 84.9 Å². The van der Waals surface area contributed by atoms with Gasteiger partial charge in [-0.05, 0) is 31.5 Å². The zero-order valence-electron chi connectivity index (χ0n) is 15.4. The molecule has 0 radical (unpaired) electrons. The number of nitrogens with zero attached hydrogens (tertiary/aromatic N) is 3. The Bertz CT molecular complexity index is 843. The van der Waals surface area contributed by atoms with E-state index in [1.165, 1.54) is 0 Å². The van der Waals surface area contributed by atoms with Crippen molar-refractivity contribution in [2.45, 2.75) is 25.4 Å². The number of hydrogen-bond donors (Lipinski definition) is 1. The Balaban J connectivity index is 1.69. The van der Waals surface area contributed by atoms with Crippen LogP contribution in [0.4, 0.5) is 11.4 Å². The third-order valence-corrected chi connectivity index (χ3v) is 5.62. The average molecular weight is 368 g/mol. The van der Waals surface area contributed by atoms with Crippen molar-refractivity contribution >= 4 is 11.4 Å². The summed E-state index contributed by atoms with van der Waals surface area (Å²) >= 11 is 0. The minimum Gasteiger partial charge on any atom is -0.457 e. The van der Waals surface area contributed by atoms with Crippen LogP contribution in [0, 0.1) is 17.0 Å². The van der Waals surface area contributed by atoms with Gasteiger partial charge in [0.2, 0.25) is 0 Å². The molecule has 2 atom stereocenters. The Morgan fingerprint density at radius 3 is 2.67 bits per heavy atom. The zero-order valence-corrected chi connectivity index (χ0v) is 15.4. The smallest absolute Gasteiger partial charge is 0.293 e. The molecule has 0 aromatic heterocycles. The molecule has 2 aromatic carbocycles. The number of anilines is 1. The fraction of sp³-hybridized carbons (Fsp3) is 0.400. The van der Waals surface area contributed by atoms with Gasteiger partial charge in [0.05, 0.1) is 4.92 Å². The molecule has 2 N–H and O–H groups in total. The Morgan fingerprint density at radius 2 is 1.93 bits per heavy atom. The molecular formula is C20H24N4O3. The minimum absolute atomic E-state index is 0.118. The predicted octanol–water partition coefficient (Wildman–Crippen LogP) is 2.92. The second-order valence-electron chi connectivity index (χ2n) is 7.23. The molecule has 2 aromatic rings. The minimum atomic E-state index is -0.310. The summed E-state index contributed by atoms with van der Waals surface area (Å²) in [7, 11) is 0. The predicted molar refractivity (Wildman–Crippen MR) is 105 cm³/mol. The maximum atomic E-state index is 11.7. The van der Waals surface area contributed by atoms with Gasteiger partial charge in [0.1, 0.15) is 17.2 Å². The standard InChI is InChI=1S/C20H24N4O3/c1-14-19(27-15-5-3-2-4-6-15)8-7-17(24(25)26)20(14)23-12-11-22-10-9-16(21)18(22)13-23/h2-8,16,18H,9-13,21H2,1H3/t16-,18+/m0/s1. The third-order valence-electron chi connectivity index (χ3n) is 5.62. The number of ether oxygens (including phenoxy) is 1. The number of nitrogens with two attached hydrogens (primary N) is 1. The molecule has 0 bridgehead atoms. The van der Waals surface area contributed by atoms with Gasteiger partial charge >= 0.3 is 0 Å². The van der Waals surface area contributed by atoms with Crippen LogP contribution in [-0.4, -0.2) is 48.1 Å². The van der Waals surface area contributed by atoms with Crippen LogP contribution in [-0.2, 0) is 0 Å². The highest BCUT2D eigenvalue weighted by atomic mass is 16.6. The fourth-order valence-electron chi connectivity index (χ4n) is 4.18. The molecule has 2 saturated heterocycles. The van der Waals surface area contributed by atoms with E-state index in [1.807, 2.05) is 37.3 Å². The van der Waals surface area contributed by atoms with Gasteiger partial charge < -0.3 is 15.4 Å². The molecule has 0 aliphatic carbocycles. The number of nitro groups is 1. The highest BCUT2D eigenvalue weighted by Gasteiger charge is 2.38. The molecule has 7 nitrogen and oxygen atoms in total. The van der Waals surface area contributed by atoms with Crippen molar-refractivity contribution in [2.24, 2.45) is 5.73 Å². The lowest BCUT2D eigenvalue weighted by molar-refractivity contribution is -0.384. The van der Waals surface area contributed by atoms with Crippen molar-refractivity contribution in [3.8, 4) is 11.5 Å². The second-order valence-corrected chi connectivity index (χ2v) is 7.23. The maximum absolute atomic E-state index is 11.7.